The van der Waals surface area contributed by atoms with E-state index in [-0.39, 0.29) is 36.2 Å². The molecule has 2 amide bonds. The number of rotatable bonds is 11. The van der Waals surface area contributed by atoms with E-state index in [9.17, 15) is 19.7 Å². The zero-order valence-corrected chi connectivity index (χ0v) is 23.9. The minimum Gasteiger partial charge on any atom is -0.490 e. The van der Waals surface area contributed by atoms with E-state index in [1.165, 1.54) is 30.2 Å². The second-order valence-electron chi connectivity index (χ2n) is 9.97. The van der Waals surface area contributed by atoms with Gasteiger partial charge < -0.3 is 19.7 Å². The Morgan fingerprint density at radius 3 is 2.28 bits per heavy atom. The van der Waals surface area contributed by atoms with Gasteiger partial charge in [0.25, 0.3) is 5.91 Å². The van der Waals surface area contributed by atoms with Crippen molar-refractivity contribution in [1.29, 1.82) is 0 Å². The lowest BCUT2D eigenvalue weighted by Crippen LogP contribution is -2.55. The molecule has 0 fully saturated rings. The maximum atomic E-state index is 13.7. The largest absolute Gasteiger partial charge is 0.490 e. The average Bonchev–Trinajstić information content (AvgIpc) is 2.89. The van der Waals surface area contributed by atoms with Crippen LogP contribution >= 0.6 is 15.9 Å². The molecule has 1 N–H and O–H groups in total. The highest BCUT2D eigenvalue weighted by Crippen LogP contribution is 2.31. The molecule has 0 unspecified atom stereocenters. The van der Waals surface area contributed by atoms with Crippen LogP contribution in [0.4, 0.5) is 5.69 Å². The van der Waals surface area contributed by atoms with Gasteiger partial charge in [0.2, 0.25) is 11.7 Å². The van der Waals surface area contributed by atoms with Gasteiger partial charge in [0, 0.05) is 35.1 Å². The van der Waals surface area contributed by atoms with Crippen molar-refractivity contribution in [2.24, 2.45) is 0 Å². The van der Waals surface area contributed by atoms with E-state index in [4.69, 9.17) is 9.47 Å². The molecule has 0 aliphatic rings. The summed E-state index contributed by atoms with van der Waals surface area (Å²) in [5, 5.41) is 14.2. The molecule has 0 heterocycles. The lowest BCUT2D eigenvalue weighted by molar-refractivity contribution is -0.385. The van der Waals surface area contributed by atoms with Crippen molar-refractivity contribution < 1.29 is 24.0 Å². The van der Waals surface area contributed by atoms with Crippen LogP contribution in [0.2, 0.25) is 0 Å². The van der Waals surface area contributed by atoms with Crippen LogP contribution in [0.1, 0.15) is 31.9 Å². The summed E-state index contributed by atoms with van der Waals surface area (Å²) >= 11 is 3.43. The topological polar surface area (TPSA) is 111 Å². The standard InChI is InChI=1S/C29H32BrN3O6/c1-29(2,3)31-28(35)25(16-20-8-6-5-7-9-20)32(18-21-10-12-22(30)13-11-21)27(34)19-39-23-14-15-24(33(36)37)26(17-23)38-4/h5-15,17,25H,16,18-19H2,1-4H3,(H,31,35)/t25-/m0/s1. The Balaban J connectivity index is 1.93. The molecule has 0 aromatic heterocycles. The van der Waals surface area contributed by atoms with E-state index in [1.807, 2.05) is 75.4 Å². The summed E-state index contributed by atoms with van der Waals surface area (Å²) in [6.07, 6.45) is 0.302. The maximum Gasteiger partial charge on any atom is 0.311 e. The molecule has 0 spiro atoms. The maximum absolute atomic E-state index is 13.7. The van der Waals surface area contributed by atoms with Gasteiger partial charge in [0.05, 0.1) is 12.0 Å². The molecule has 9 nitrogen and oxygen atoms in total. The fraction of sp³-hybridized carbons (Fsp3) is 0.310. The van der Waals surface area contributed by atoms with Crippen LogP contribution in [0.5, 0.6) is 11.5 Å². The van der Waals surface area contributed by atoms with Gasteiger partial charge >= 0.3 is 5.69 Å². The Morgan fingerprint density at radius 1 is 1.03 bits per heavy atom. The van der Waals surface area contributed by atoms with Crippen LogP contribution in [0.3, 0.4) is 0 Å². The van der Waals surface area contributed by atoms with E-state index in [0.717, 1.165) is 15.6 Å². The van der Waals surface area contributed by atoms with Crippen LogP contribution < -0.4 is 14.8 Å². The third-order valence-electron chi connectivity index (χ3n) is 5.75. The molecule has 10 heteroatoms. The fourth-order valence-corrected chi connectivity index (χ4v) is 4.18. The first-order valence-corrected chi connectivity index (χ1v) is 13.1. The summed E-state index contributed by atoms with van der Waals surface area (Å²) < 4.78 is 11.7. The fourth-order valence-electron chi connectivity index (χ4n) is 3.92. The predicted octanol–water partition coefficient (Wildman–Crippen LogP) is 5.30. The number of hydrogen-bond acceptors (Lipinski definition) is 6. The molecule has 0 radical (unpaired) electrons. The number of nitrogens with zero attached hydrogens (tertiary/aromatic N) is 2. The Kier molecular flexibility index (Phi) is 10.1. The number of carbonyl (C=O) groups is 2. The minimum atomic E-state index is -0.822. The number of nitrogens with one attached hydrogen (secondary N) is 1. The number of halogens is 1. The van der Waals surface area contributed by atoms with Crippen molar-refractivity contribution in [3.8, 4) is 11.5 Å². The van der Waals surface area contributed by atoms with Crippen molar-refractivity contribution in [2.45, 2.75) is 45.3 Å². The lowest BCUT2D eigenvalue weighted by atomic mass is 10.0. The molecule has 3 aromatic carbocycles. The van der Waals surface area contributed by atoms with Gasteiger partial charge in [0.1, 0.15) is 11.8 Å². The summed E-state index contributed by atoms with van der Waals surface area (Å²) in [7, 11) is 1.32. The molecule has 0 saturated carbocycles. The smallest absolute Gasteiger partial charge is 0.311 e. The van der Waals surface area contributed by atoms with Gasteiger partial charge in [0.15, 0.2) is 6.61 Å². The number of hydrogen-bond donors (Lipinski definition) is 1. The predicted molar refractivity (Wildman–Crippen MR) is 152 cm³/mol. The Bertz CT molecular complexity index is 1290. The number of methoxy groups -OCH3 is 1. The molecule has 3 aromatic rings. The van der Waals surface area contributed by atoms with Crippen LogP contribution in [-0.2, 0) is 22.6 Å². The van der Waals surface area contributed by atoms with Gasteiger partial charge in [-0.3, -0.25) is 19.7 Å². The molecular weight excluding hydrogens is 566 g/mol. The van der Waals surface area contributed by atoms with E-state index in [2.05, 4.69) is 21.2 Å². The zero-order chi connectivity index (χ0) is 28.6. The SMILES string of the molecule is COc1cc(OCC(=O)N(Cc2ccc(Br)cc2)[C@@H](Cc2ccccc2)C(=O)NC(C)(C)C)ccc1[N+](=O)[O-]. The molecule has 1 atom stereocenters. The molecular formula is C29H32BrN3O6. The highest BCUT2D eigenvalue weighted by Gasteiger charge is 2.32. The van der Waals surface area contributed by atoms with Crippen LogP contribution in [0.15, 0.2) is 77.3 Å². The second kappa shape index (κ2) is 13.2. The number of carbonyl (C=O) groups excluding carboxylic acids is 2. The normalized spacial score (nSPS) is 11.8. The lowest BCUT2D eigenvalue weighted by Gasteiger charge is -2.33. The third-order valence-corrected chi connectivity index (χ3v) is 6.27. The highest BCUT2D eigenvalue weighted by atomic mass is 79.9. The van der Waals surface area contributed by atoms with Crippen molar-refractivity contribution in [1.82, 2.24) is 10.2 Å². The van der Waals surface area contributed by atoms with E-state index < -0.39 is 22.4 Å². The summed E-state index contributed by atoms with van der Waals surface area (Å²) in [6, 6.07) is 20.2. The molecule has 206 valence electrons. The van der Waals surface area contributed by atoms with Crippen LogP contribution in [0, 0.1) is 10.1 Å². The number of ether oxygens (including phenoxy) is 2. The molecule has 0 aliphatic carbocycles. The van der Waals surface area contributed by atoms with Gasteiger partial charge in [-0.25, -0.2) is 0 Å². The quantitative estimate of drug-likeness (QED) is 0.237. The van der Waals surface area contributed by atoms with Crippen molar-refractivity contribution in [3.63, 3.8) is 0 Å². The van der Waals surface area contributed by atoms with E-state index >= 15 is 0 Å². The van der Waals surface area contributed by atoms with Gasteiger partial charge in [-0.15, -0.1) is 0 Å². The molecule has 3 rings (SSSR count). The molecule has 0 aliphatic heterocycles. The second-order valence-corrected chi connectivity index (χ2v) is 10.9. The summed E-state index contributed by atoms with van der Waals surface area (Å²) in [6.45, 7) is 5.45. The summed E-state index contributed by atoms with van der Waals surface area (Å²) in [5.74, 6) is -0.453. The Morgan fingerprint density at radius 2 is 1.69 bits per heavy atom. The first-order chi connectivity index (χ1) is 18.5. The number of benzene rings is 3. The first kappa shape index (κ1) is 29.6. The molecule has 0 bridgehead atoms. The van der Waals surface area contributed by atoms with Crippen molar-refractivity contribution in [3.05, 3.63) is 98.5 Å². The number of amides is 2. The highest BCUT2D eigenvalue weighted by molar-refractivity contribution is 9.10. The van der Waals surface area contributed by atoms with E-state index in [0.29, 0.717) is 6.42 Å². The average molecular weight is 598 g/mol. The van der Waals surface area contributed by atoms with Gasteiger partial charge in [-0.1, -0.05) is 58.4 Å². The summed E-state index contributed by atoms with van der Waals surface area (Å²) in [4.78, 5) is 39.4. The number of nitro groups is 1. The van der Waals surface area contributed by atoms with Crippen molar-refractivity contribution in [2.75, 3.05) is 13.7 Å². The summed E-state index contributed by atoms with van der Waals surface area (Å²) in [5.41, 5.74) is 1.02. The van der Waals surface area contributed by atoms with Crippen LogP contribution in [-0.4, -0.2) is 46.9 Å². The zero-order valence-electron chi connectivity index (χ0n) is 22.3. The van der Waals surface area contributed by atoms with Gasteiger partial charge in [-0.05, 0) is 50.1 Å². The molecule has 39 heavy (non-hydrogen) atoms. The van der Waals surface area contributed by atoms with Gasteiger partial charge in [-0.2, -0.15) is 0 Å². The first-order valence-electron chi connectivity index (χ1n) is 12.3. The Hall–Kier alpha value is -3.92. The third kappa shape index (κ3) is 8.81. The van der Waals surface area contributed by atoms with Crippen molar-refractivity contribution >= 4 is 33.4 Å². The van der Waals surface area contributed by atoms with E-state index in [1.54, 1.807) is 0 Å². The Labute approximate surface area is 236 Å². The minimum absolute atomic E-state index is 0.0168. The number of nitro benzene ring substituents is 1. The van der Waals surface area contributed by atoms with Crippen LogP contribution in [0.25, 0.3) is 0 Å². The monoisotopic (exact) mass is 597 g/mol. The molecule has 0 saturated heterocycles.